The number of hydrogen-bond acceptors (Lipinski definition) is 2. The lowest BCUT2D eigenvalue weighted by Gasteiger charge is -2.13. The van der Waals surface area contributed by atoms with Crippen LogP contribution >= 0.6 is 11.6 Å². The molecule has 0 amide bonds. The smallest absolute Gasteiger partial charge is 0.119 e. The number of benzene rings is 2. The maximum atomic E-state index is 6.08. The van der Waals surface area contributed by atoms with Gasteiger partial charge in [-0.3, -0.25) is 0 Å². The van der Waals surface area contributed by atoms with E-state index in [9.17, 15) is 0 Å². The minimum atomic E-state index is 0.543. The third-order valence-corrected chi connectivity index (χ3v) is 3.75. The van der Waals surface area contributed by atoms with Gasteiger partial charge in [0, 0.05) is 6.54 Å². The van der Waals surface area contributed by atoms with E-state index in [0.29, 0.717) is 19.1 Å². The molecule has 112 valence electrons. The number of rotatable bonds is 6. The van der Waals surface area contributed by atoms with Gasteiger partial charge in [0.05, 0.1) is 10.7 Å². The minimum absolute atomic E-state index is 0.543. The van der Waals surface area contributed by atoms with E-state index >= 15 is 0 Å². The summed E-state index contributed by atoms with van der Waals surface area (Å²) in [7, 11) is 0. The van der Waals surface area contributed by atoms with Crippen molar-refractivity contribution in [3.8, 4) is 5.75 Å². The van der Waals surface area contributed by atoms with Gasteiger partial charge in [-0.2, -0.15) is 0 Å². The van der Waals surface area contributed by atoms with Crippen LogP contribution in [-0.4, -0.2) is 13.2 Å². The van der Waals surface area contributed by atoms with Crippen LogP contribution in [0.2, 0.25) is 5.02 Å². The van der Waals surface area contributed by atoms with Gasteiger partial charge < -0.3 is 10.1 Å². The van der Waals surface area contributed by atoms with Crippen molar-refractivity contribution < 1.29 is 4.74 Å². The second-order valence-corrected chi connectivity index (χ2v) is 5.84. The van der Waals surface area contributed by atoms with Crippen molar-refractivity contribution >= 4 is 17.3 Å². The molecule has 0 aliphatic rings. The third-order valence-electron chi connectivity index (χ3n) is 3.42. The molecule has 0 atom stereocenters. The molecule has 0 aliphatic heterocycles. The van der Waals surface area contributed by atoms with E-state index in [0.717, 1.165) is 16.5 Å². The monoisotopic (exact) mass is 303 g/mol. The first-order chi connectivity index (χ1) is 10.1. The molecule has 0 radical (unpaired) electrons. The van der Waals surface area contributed by atoms with Gasteiger partial charge in [-0.25, -0.2) is 0 Å². The molecule has 0 fully saturated rings. The molecule has 0 bridgehead atoms. The van der Waals surface area contributed by atoms with Crippen molar-refractivity contribution in [1.82, 2.24) is 0 Å². The van der Waals surface area contributed by atoms with Gasteiger partial charge >= 0.3 is 0 Å². The molecule has 0 saturated heterocycles. The fraction of sp³-hybridized carbons (Fsp3) is 0.333. The summed E-state index contributed by atoms with van der Waals surface area (Å²) in [6.45, 7) is 7.86. The number of hydrogen-bond donors (Lipinski definition) is 1. The first-order valence-electron chi connectivity index (χ1n) is 7.29. The van der Waals surface area contributed by atoms with Gasteiger partial charge in [-0.05, 0) is 48.2 Å². The van der Waals surface area contributed by atoms with Crippen molar-refractivity contribution in [2.24, 2.45) is 0 Å². The molecule has 2 aromatic carbocycles. The van der Waals surface area contributed by atoms with Crippen LogP contribution in [0.5, 0.6) is 5.75 Å². The molecule has 0 saturated carbocycles. The molecule has 3 heteroatoms. The Morgan fingerprint density at radius 1 is 1.14 bits per heavy atom. The molecule has 21 heavy (non-hydrogen) atoms. The zero-order valence-corrected chi connectivity index (χ0v) is 13.6. The fourth-order valence-corrected chi connectivity index (χ4v) is 2.55. The number of ether oxygens (including phenoxy) is 1. The average molecular weight is 304 g/mol. The Kier molecular flexibility index (Phi) is 5.51. The van der Waals surface area contributed by atoms with E-state index in [1.165, 1.54) is 11.1 Å². The summed E-state index contributed by atoms with van der Waals surface area (Å²) in [5.41, 5.74) is 3.59. The van der Waals surface area contributed by atoms with Gasteiger partial charge in [-0.1, -0.05) is 43.6 Å². The summed E-state index contributed by atoms with van der Waals surface area (Å²) in [5, 5.41) is 4.00. The predicted molar refractivity (Wildman–Crippen MR) is 90.7 cm³/mol. The van der Waals surface area contributed by atoms with E-state index in [1.54, 1.807) is 0 Å². The molecule has 0 aliphatic carbocycles. The van der Waals surface area contributed by atoms with Gasteiger partial charge in [0.25, 0.3) is 0 Å². The van der Waals surface area contributed by atoms with Gasteiger partial charge in [-0.15, -0.1) is 0 Å². The highest BCUT2D eigenvalue weighted by molar-refractivity contribution is 6.33. The Labute approximate surface area is 132 Å². The van der Waals surface area contributed by atoms with E-state index in [2.05, 4.69) is 38.2 Å². The lowest BCUT2D eigenvalue weighted by molar-refractivity contribution is 0.332. The second-order valence-electron chi connectivity index (χ2n) is 5.43. The Balaban J connectivity index is 1.84. The van der Waals surface area contributed by atoms with E-state index in [1.807, 2.05) is 30.3 Å². The number of nitrogens with one attached hydrogen (secondary N) is 1. The number of halogens is 1. The molecule has 0 unspecified atom stereocenters. The van der Waals surface area contributed by atoms with Crippen molar-refractivity contribution in [2.75, 3.05) is 18.5 Å². The molecule has 0 heterocycles. The molecular weight excluding hydrogens is 282 g/mol. The van der Waals surface area contributed by atoms with Crippen LogP contribution in [0.25, 0.3) is 0 Å². The Morgan fingerprint density at radius 3 is 2.57 bits per heavy atom. The summed E-state index contributed by atoms with van der Waals surface area (Å²) >= 11 is 6.08. The van der Waals surface area contributed by atoms with Crippen molar-refractivity contribution in [2.45, 2.75) is 26.7 Å². The number of para-hydroxylation sites is 1. The van der Waals surface area contributed by atoms with Crippen LogP contribution in [0.3, 0.4) is 0 Å². The van der Waals surface area contributed by atoms with Crippen LogP contribution in [0, 0.1) is 6.92 Å². The molecule has 0 aromatic heterocycles. The second kappa shape index (κ2) is 7.37. The lowest BCUT2D eigenvalue weighted by Crippen LogP contribution is -2.11. The molecule has 2 rings (SSSR count). The van der Waals surface area contributed by atoms with Crippen LogP contribution in [0.4, 0.5) is 5.69 Å². The number of anilines is 1. The molecule has 2 nitrogen and oxygen atoms in total. The van der Waals surface area contributed by atoms with Gasteiger partial charge in [0.2, 0.25) is 0 Å². The topological polar surface area (TPSA) is 21.3 Å². The minimum Gasteiger partial charge on any atom is -0.492 e. The first kappa shape index (κ1) is 15.7. The van der Waals surface area contributed by atoms with Crippen molar-refractivity contribution in [3.63, 3.8) is 0 Å². The largest absolute Gasteiger partial charge is 0.492 e. The maximum absolute atomic E-state index is 6.08. The van der Waals surface area contributed by atoms with E-state index in [4.69, 9.17) is 16.3 Å². The van der Waals surface area contributed by atoms with E-state index in [-0.39, 0.29) is 0 Å². The average Bonchev–Trinajstić information content (AvgIpc) is 2.45. The highest BCUT2D eigenvalue weighted by atomic mass is 35.5. The lowest BCUT2D eigenvalue weighted by atomic mass is 9.98. The summed E-state index contributed by atoms with van der Waals surface area (Å²) in [4.78, 5) is 0. The Bertz CT molecular complexity index is 596. The zero-order valence-electron chi connectivity index (χ0n) is 12.8. The summed E-state index contributed by atoms with van der Waals surface area (Å²) < 4.78 is 5.78. The normalized spacial score (nSPS) is 10.7. The van der Waals surface area contributed by atoms with Crippen LogP contribution in [0.15, 0.2) is 42.5 Å². The molecule has 2 aromatic rings. The third kappa shape index (κ3) is 4.40. The summed E-state index contributed by atoms with van der Waals surface area (Å²) in [6.07, 6.45) is 0. The van der Waals surface area contributed by atoms with Gasteiger partial charge in [0.15, 0.2) is 0 Å². The zero-order chi connectivity index (χ0) is 15.2. The molecule has 1 N–H and O–H groups in total. The quantitative estimate of drug-likeness (QED) is 0.735. The highest BCUT2D eigenvalue weighted by Gasteiger charge is 2.04. The summed E-state index contributed by atoms with van der Waals surface area (Å²) in [6, 6.07) is 14.0. The summed E-state index contributed by atoms with van der Waals surface area (Å²) in [5.74, 6) is 1.46. The standard InChI is InChI=1S/C18H22ClNO/c1-13(2)16-9-8-15(12-14(16)3)21-11-10-20-18-7-5-4-6-17(18)19/h4-9,12-13,20H,10-11H2,1-3H3. The maximum Gasteiger partial charge on any atom is 0.119 e. The molecular formula is C18H22ClNO. The SMILES string of the molecule is Cc1cc(OCCNc2ccccc2Cl)ccc1C(C)C. The van der Waals surface area contributed by atoms with Crippen molar-refractivity contribution in [3.05, 3.63) is 58.6 Å². The highest BCUT2D eigenvalue weighted by Crippen LogP contribution is 2.23. The Morgan fingerprint density at radius 2 is 1.90 bits per heavy atom. The Hall–Kier alpha value is -1.67. The van der Waals surface area contributed by atoms with Crippen molar-refractivity contribution in [1.29, 1.82) is 0 Å². The van der Waals surface area contributed by atoms with Crippen LogP contribution in [-0.2, 0) is 0 Å². The van der Waals surface area contributed by atoms with Crippen LogP contribution in [0.1, 0.15) is 30.9 Å². The fourth-order valence-electron chi connectivity index (χ4n) is 2.34. The predicted octanol–water partition coefficient (Wildman–Crippen LogP) is 5.26. The van der Waals surface area contributed by atoms with Crippen LogP contribution < -0.4 is 10.1 Å². The van der Waals surface area contributed by atoms with E-state index < -0.39 is 0 Å². The number of aryl methyl sites for hydroxylation is 1. The van der Waals surface area contributed by atoms with Gasteiger partial charge in [0.1, 0.15) is 12.4 Å². The first-order valence-corrected chi connectivity index (χ1v) is 7.67. The molecule has 0 spiro atoms.